The Hall–Kier alpha value is -1.04. The van der Waals surface area contributed by atoms with Crippen LogP contribution in [-0.4, -0.2) is 23.8 Å². The van der Waals surface area contributed by atoms with Crippen molar-refractivity contribution in [3.05, 3.63) is 35.9 Å². The maximum atomic E-state index is 11.8. The lowest BCUT2D eigenvalue weighted by Crippen LogP contribution is -2.39. The first-order valence-corrected chi connectivity index (χ1v) is 7.94. The van der Waals surface area contributed by atoms with Crippen molar-refractivity contribution in [2.45, 2.75) is 33.1 Å². The third kappa shape index (κ3) is 6.41. The third-order valence-corrected chi connectivity index (χ3v) is 3.86. The fraction of sp³-hybridized carbons (Fsp3) is 0.533. The Balaban J connectivity index is 2.49. The van der Waals surface area contributed by atoms with E-state index in [-0.39, 0.29) is 17.4 Å². The molecular weight excluding hydrogens is 272 g/mol. The Morgan fingerprint density at radius 2 is 2.10 bits per heavy atom. The van der Waals surface area contributed by atoms with E-state index in [1.54, 1.807) is 0 Å². The van der Waals surface area contributed by atoms with Gasteiger partial charge in [0.2, 0.25) is 0 Å². The van der Waals surface area contributed by atoms with Crippen LogP contribution in [0.3, 0.4) is 0 Å². The van der Waals surface area contributed by atoms with E-state index in [2.05, 4.69) is 19.2 Å². The molecule has 1 amide bonds. The molecule has 4 nitrogen and oxygen atoms in total. The molecule has 3 N–H and O–H groups in total. The number of benzene rings is 1. The summed E-state index contributed by atoms with van der Waals surface area (Å²) in [7, 11) is 0. The molecule has 1 rings (SSSR count). The number of nitrogens with one attached hydrogen (secondary N) is 1. The van der Waals surface area contributed by atoms with Crippen LogP contribution in [0.5, 0.6) is 0 Å². The standard InChI is InChI=1S/C15H24N2O2S/c1-3-12(2)14(17-15(18)20-10-9-16)19-11-13-7-5-4-6-8-13/h4-8,12,14H,3,9-11,16H2,1-2H3,(H,17,18). The minimum atomic E-state index is -0.266. The summed E-state index contributed by atoms with van der Waals surface area (Å²) in [4.78, 5) is 11.8. The normalized spacial score (nSPS) is 13.8. The average molecular weight is 296 g/mol. The Labute approximate surface area is 125 Å². The summed E-state index contributed by atoms with van der Waals surface area (Å²) in [6.07, 6.45) is 0.680. The molecule has 0 bridgehead atoms. The number of hydrogen-bond donors (Lipinski definition) is 2. The van der Waals surface area contributed by atoms with E-state index >= 15 is 0 Å². The molecule has 5 heteroatoms. The fourth-order valence-corrected chi connectivity index (χ4v) is 2.13. The Morgan fingerprint density at radius 3 is 2.70 bits per heavy atom. The van der Waals surface area contributed by atoms with E-state index in [0.29, 0.717) is 18.9 Å². The van der Waals surface area contributed by atoms with Crippen molar-refractivity contribution in [2.24, 2.45) is 11.7 Å². The predicted molar refractivity (Wildman–Crippen MR) is 84.5 cm³/mol. The molecule has 2 unspecified atom stereocenters. The van der Waals surface area contributed by atoms with Gasteiger partial charge in [0.25, 0.3) is 5.24 Å². The zero-order valence-corrected chi connectivity index (χ0v) is 13.0. The van der Waals surface area contributed by atoms with Crippen LogP contribution in [0.15, 0.2) is 30.3 Å². The number of thioether (sulfide) groups is 1. The van der Waals surface area contributed by atoms with Crippen LogP contribution in [0, 0.1) is 5.92 Å². The van der Waals surface area contributed by atoms with Crippen molar-refractivity contribution >= 4 is 17.0 Å². The van der Waals surface area contributed by atoms with Gasteiger partial charge < -0.3 is 15.8 Å². The summed E-state index contributed by atoms with van der Waals surface area (Å²) < 4.78 is 5.85. The molecule has 2 atom stereocenters. The summed E-state index contributed by atoms with van der Waals surface area (Å²) >= 11 is 1.20. The maximum Gasteiger partial charge on any atom is 0.281 e. The quantitative estimate of drug-likeness (QED) is 0.724. The minimum absolute atomic E-state index is 0.0752. The Morgan fingerprint density at radius 1 is 1.40 bits per heavy atom. The van der Waals surface area contributed by atoms with E-state index in [4.69, 9.17) is 10.5 Å². The van der Waals surface area contributed by atoms with E-state index in [9.17, 15) is 4.79 Å². The number of carbonyl (C=O) groups is 1. The van der Waals surface area contributed by atoms with Crippen LogP contribution in [0.1, 0.15) is 25.8 Å². The summed E-state index contributed by atoms with van der Waals surface area (Å²) in [6.45, 7) is 5.15. The maximum absolute atomic E-state index is 11.8. The molecule has 0 aliphatic heterocycles. The topological polar surface area (TPSA) is 64.4 Å². The predicted octanol–water partition coefficient (Wildman–Crippen LogP) is 2.98. The zero-order valence-electron chi connectivity index (χ0n) is 12.2. The lowest BCUT2D eigenvalue weighted by atomic mass is 10.1. The Bertz CT molecular complexity index is 387. The van der Waals surface area contributed by atoms with Gasteiger partial charge in [-0.2, -0.15) is 0 Å². The molecule has 0 aliphatic carbocycles. The van der Waals surface area contributed by atoms with E-state index in [1.807, 2.05) is 30.3 Å². The van der Waals surface area contributed by atoms with Gasteiger partial charge in [0, 0.05) is 18.2 Å². The molecule has 0 radical (unpaired) electrons. The molecule has 0 saturated heterocycles. The molecule has 1 aromatic carbocycles. The number of rotatable bonds is 8. The molecule has 0 aliphatic rings. The van der Waals surface area contributed by atoms with Gasteiger partial charge in [-0.1, -0.05) is 55.9 Å². The van der Waals surface area contributed by atoms with Crippen molar-refractivity contribution < 1.29 is 9.53 Å². The summed E-state index contributed by atoms with van der Waals surface area (Å²) in [5.41, 5.74) is 6.50. The Kier molecular flexibility index (Phi) is 8.34. The molecule has 20 heavy (non-hydrogen) atoms. The fourth-order valence-electron chi connectivity index (χ4n) is 1.63. The second kappa shape index (κ2) is 9.80. The molecule has 0 spiro atoms. The van der Waals surface area contributed by atoms with Gasteiger partial charge in [0.05, 0.1) is 6.61 Å². The van der Waals surface area contributed by atoms with Crippen molar-refractivity contribution in [3.8, 4) is 0 Å². The number of nitrogens with two attached hydrogens (primary N) is 1. The summed E-state index contributed by atoms with van der Waals surface area (Å²) in [6, 6.07) is 9.96. The first kappa shape index (κ1) is 17.0. The zero-order chi connectivity index (χ0) is 14.8. The minimum Gasteiger partial charge on any atom is -0.354 e. The van der Waals surface area contributed by atoms with Gasteiger partial charge in [-0.25, -0.2) is 0 Å². The van der Waals surface area contributed by atoms with Crippen LogP contribution >= 0.6 is 11.8 Å². The highest BCUT2D eigenvalue weighted by molar-refractivity contribution is 8.13. The molecule has 0 heterocycles. The van der Waals surface area contributed by atoms with Crippen molar-refractivity contribution in [1.29, 1.82) is 0 Å². The molecular formula is C15H24N2O2S. The van der Waals surface area contributed by atoms with Gasteiger partial charge >= 0.3 is 0 Å². The van der Waals surface area contributed by atoms with Gasteiger partial charge in [-0.05, 0) is 12.0 Å². The lowest BCUT2D eigenvalue weighted by molar-refractivity contribution is -0.00778. The van der Waals surface area contributed by atoms with E-state index in [0.717, 1.165) is 12.0 Å². The van der Waals surface area contributed by atoms with Crippen LogP contribution in [-0.2, 0) is 11.3 Å². The largest absolute Gasteiger partial charge is 0.354 e. The van der Waals surface area contributed by atoms with E-state index in [1.165, 1.54) is 11.8 Å². The highest BCUT2D eigenvalue weighted by Crippen LogP contribution is 2.13. The van der Waals surface area contributed by atoms with Gasteiger partial charge in [0.1, 0.15) is 6.23 Å². The van der Waals surface area contributed by atoms with Gasteiger partial charge in [0.15, 0.2) is 0 Å². The molecule has 0 fully saturated rings. The van der Waals surface area contributed by atoms with Gasteiger partial charge in [-0.3, -0.25) is 4.79 Å². The lowest BCUT2D eigenvalue weighted by Gasteiger charge is -2.24. The number of carbonyl (C=O) groups excluding carboxylic acids is 1. The molecule has 112 valence electrons. The summed E-state index contributed by atoms with van der Waals surface area (Å²) in [5, 5.41) is 2.84. The molecule has 0 aromatic heterocycles. The second-order valence-electron chi connectivity index (χ2n) is 4.67. The molecule has 1 aromatic rings. The smallest absolute Gasteiger partial charge is 0.281 e. The summed E-state index contributed by atoms with van der Waals surface area (Å²) in [5.74, 6) is 0.888. The van der Waals surface area contributed by atoms with Crippen LogP contribution in [0.4, 0.5) is 4.79 Å². The highest BCUT2D eigenvalue weighted by Gasteiger charge is 2.19. The van der Waals surface area contributed by atoms with Crippen LogP contribution in [0.25, 0.3) is 0 Å². The monoisotopic (exact) mass is 296 g/mol. The molecule has 0 saturated carbocycles. The van der Waals surface area contributed by atoms with Crippen molar-refractivity contribution in [3.63, 3.8) is 0 Å². The van der Waals surface area contributed by atoms with Gasteiger partial charge in [-0.15, -0.1) is 0 Å². The van der Waals surface area contributed by atoms with E-state index < -0.39 is 0 Å². The highest BCUT2D eigenvalue weighted by atomic mass is 32.2. The van der Waals surface area contributed by atoms with Crippen molar-refractivity contribution in [2.75, 3.05) is 12.3 Å². The number of ether oxygens (including phenoxy) is 1. The number of amides is 1. The average Bonchev–Trinajstić information content (AvgIpc) is 2.49. The van der Waals surface area contributed by atoms with Crippen molar-refractivity contribution in [1.82, 2.24) is 5.32 Å². The third-order valence-electron chi connectivity index (χ3n) is 3.04. The first-order valence-electron chi connectivity index (χ1n) is 6.96. The second-order valence-corrected chi connectivity index (χ2v) is 5.74. The van der Waals surface area contributed by atoms with Crippen LogP contribution < -0.4 is 11.1 Å². The SMILES string of the molecule is CCC(C)C(NC(=O)SCCN)OCc1ccccc1. The van der Waals surface area contributed by atoms with Crippen LogP contribution in [0.2, 0.25) is 0 Å². The number of hydrogen-bond acceptors (Lipinski definition) is 4. The first-order chi connectivity index (χ1) is 9.67.